The molecule has 48 heavy (non-hydrogen) atoms. The molecule has 0 aliphatic rings. The van der Waals surface area contributed by atoms with Crippen molar-refractivity contribution in [2.45, 2.75) is 130 Å². The average Bonchev–Trinajstić information content (AvgIpc) is 3.04. The molecule has 3 rings (SSSR count). The minimum Gasteiger partial charge on any atom is -0.493 e. The zero-order valence-electron chi connectivity index (χ0n) is 29.1. The number of rotatable bonds is 22. The molecule has 0 atom stereocenters. The number of fused-ring (bicyclic) bond motifs is 1. The van der Waals surface area contributed by atoms with Gasteiger partial charge in [-0.25, -0.2) is 4.79 Å². The van der Waals surface area contributed by atoms with Gasteiger partial charge in [0.1, 0.15) is 17.1 Å². The molecular weight excluding hydrogens is 621 g/mol. The Bertz CT molecular complexity index is 1480. The fourth-order valence-corrected chi connectivity index (χ4v) is 5.42. The van der Waals surface area contributed by atoms with Gasteiger partial charge in [0.05, 0.1) is 24.2 Å². The summed E-state index contributed by atoms with van der Waals surface area (Å²) in [7, 11) is 0. The lowest BCUT2D eigenvalue weighted by Gasteiger charge is -2.20. The van der Waals surface area contributed by atoms with Crippen LogP contribution < -0.4 is 15.1 Å². The number of aryl methyl sites for hydroxylation is 1. The summed E-state index contributed by atoms with van der Waals surface area (Å²) in [5.41, 5.74) is -0.0855. The summed E-state index contributed by atoms with van der Waals surface area (Å²) < 4.78 is 60.9. The number of hydrogen-bond acceptors (Lipinski definition) is 6. The third-order valence-corrected chi connectivity index (χ3v) is 8.82. The summed E-state index contributed by atoms with van der Waals surface area (Å²) in [6.45, 7) is 8.95. The monoisotopic (exact) mass is 674 g/mol. The SMILES string of the molecule is CCCCCc1ccc(-c2cc3ccc(OCCCCCCCCCCCCOC(=O)C(C)(C)CC)cc3oc2=O)c(OC(F)(F)F)c1. The summed E-state index contributed by atoms with van der Waals surface area (Å²) in [5, 5.41) is 0.571. The van der Waals surface area contributed by atoms with E-state index >= 15 is 0 Å². The first-order valence-electron chi connectivity index (χ1n) is 17.7. The number of hydrogen-bond donors (Lipinski definition) is 0. The number of halogens is 3. The molecule has 9 heteroatoms. The first kappa shape index (κ1) is 39.0. The summed E-state index contributed by atoms with van der Waals surface area (Å²) in [4.78, 5) is 24.9. The highest BCUT2D eigenvalue weighted by Gasteiger charge is 2.33. The highest BCUT2D eigenvalue weighted by molar-refractivity contribution is 5.84. The van der Waals surface area contributed by atoms with Gasteiger partial charge in [-0.05, 0) is 75.8 Å². The van der Waals surface area contributed by atoms with Crippen LogP contribution in [-0.2, 0) is 16.0 Å². The van der Waals surface area contributed by atoms with E-state index in [-0.39, 0.29) is 17.1 Å². The van der Waals surface area contributed by atoms with E-state index in [1.807, 2.05) is 20.8 Å². The van der Waals surface area contributed by atoms with Gasteiger partial charge in [-0.3, -0.25) is 4.79 Å². The van der Waals surface area contributed by atoms with Crippen LogP contribution >= 0.6 is 0 Å². The molecule has 0 N–H and O–H groups in total. The third-order valence-electron chi connectivity index (χ3n) is 8.82. The molecule has 0 unspecified atom stereocenters. The Balaban J connectivity index is 1.40. The molecule has 0 saturated carbocycles. The van der Waals surface area contributed by atoms with E-state index in [4.69, 9.17) is 13.9 Å². The Labute approximate surface area is 283 Å². The van der Waals surface area contributed by atoms with Gasteiger partial charge in [-0.1, -0.05) is 90.2 Å². The fraction of sp³-hybridized carbons (Fsp3) is 0.590. The van der Waals surface area contributed by atoms with Gasteiger partial charge < -0.3 is 18.6 Å². The van der Waals surface area contributed by atoms with E-state index in [0.717, 1.165) is 64.2 Å². The maximum atomic E-state index is 13.3. The van der Waals surface area contributed by atoms with Gasteiger partial charge in [0.15, 0.2) is 0 Å². The Kier molecular flexibility index (Phi) is 15.8. The second-order valence-corrected chi connectivity index (χ2v) is 13.2. The van der Waals surface area contributed by atoms with E-state index in [1.165, 1.54) is 43.9 Å². The number of unbranched alkanes of at least 4 members (excludes halogenated alkanes) is 11. The molecule has 0 aliphatic carbocycles. The highest BCUT2D eigenvalue weighted by Crippen LogP contribution is 2.35. The Hall–Kier alpha value is -3.49. The van der Waals surface area contributed by atoms with Crippen LogP contribution in [0.15, 0.2) is 51.7 Å². The minimum atomic E-state index is -4.90. The molecule has 6 nitrogen and oxygen atoms in total. The van der Waals surface area contributed by atoms with Crippen LogP contribution in [0.25, 0.3) is 22.1 Å². The second kappa shape index (κ2) is 19.5. The predicted molar refractivity (Wildman–Crippen MR) is 185 cm³/mol. The third kappa shape index (κ3) is 13.2. The molecule has 0 amide bonds. The van der Waals surface area contributed by atoms with Crippen LogP contribution in [0.3, 0.4) is 0 Å². The van der Waals surface area contributed by atoms with Crippen molar-refractivity contribution in [1.82, 2.24) is 0 Å². The van der Waals surface area contributed by atoms with Crippen LogP contribution in [0.5, 0.6) is 11.5 Å². The number of carbonyl (C=O) groups excluding carboxylic acids is 1. The standard InChI is InChI=1S/C39H53F3O6/c1-5-7-16-19-29-20-23-32(35(26-29)48-39(40,41)42)33-27-30-21-22-31(28-34(30)47-36(33)43)45-24-17-14-12-10-8-9-11-13-15-18-25-46-37(44)38(3,4)6-2/h20-23,26-28H,5-19,24-25H2,1-4H3. The number of carbonyl (C=O) groups is 1. The van der Waals surface area contributed by atoms with E-state index in [0.29, 0.717) is 41.9 Å². The van der Waals surface area contributed by atoms with Gasteiger partial charge in [0, 0.05) is 17.0 Å². The fourth-order valence-electron chi connectivity index (χ4n) is 5.42. The molecular formula is C39H53F3O6. The van der Waals surface area contributed by atoms with Crippen molar-refractivity contribution in [3.8, 4) is 22.6 Å². The summed E-state index contributed by atoms with van der Waals surface area (Å²) in [6.07, 6.45) is 10.4. The molecule has 0 fully saturated rings. The van der Waals surface area contributed by atoms with Crippen LogP contribution in [0.1, 0.15) is 123 Å². The van der Waals surface area contributed by atoms with Gasteiger partial charge in [-0.2, -0.15) is 0 Å². The van der Waals surface area contributed by atoms with Crippen molar-refractivity contribution in [1.29, 1.82) is 0 Å². The van der Waals surface area contributed by atoms with Gasteiger partial charge in [-0.15, -0.1) is 13.2 Å². The number of ether oxygens (including phenoxy) is 3. The van der Waals surface area contributed by atoms with Gasteiger partial charge >= 0.3 is 18.0 Å². The molecule has 0 spiro atoms. The minimum absolute atomic E-state index is 0.00446. The second-order valence-electron chi connectivity index (χ2n) is 13.2. The average molecular weight is 675 g/mol. The highest BCUT2D eigenvalue weighted by atomic mass is 19.4. The van der Waals surface area contributed by atoms with Crippen molar-refractivity contribution in [3.63, 3.8) is 0 Å². The zero-order chi connectivity index (χ0) is 35.0. The van der Waals surface area contributed by atoms with Crippen LogP contribution in [0, 0.1) is 5.41 Å². The maximum Gasteiger partial charge on any atom is 0.573 e. The largest absolute Gasteiger partial charge is 0.573 e. The molecule has 2 aromatic carbocycles. The Morgan fingerprint density at radius 1 is 0.750 bits per heavy atom. The van der Waals surface area contributed by atoms with Crippen molar-refractivity contribution in [2.75, 3.05) is 13.2 Å². The Morgan fingerprint density at radius 2 is 1.40 bits per heavy atom. The van der Waals surface area contributed by atoms with E-state index in [2.05, 4.69) is 11.7 Å². The van der Waals surface area contributed by atoms with E-state index in [9.17, 15) is 22.8 Å². The molecule has 0 saturated heterocycles. The molecule has 0 radical (unpaired) electrons. The lowest BCUT2D eigenvalue weighted by atomic mass is 9.91. The zero-order valence-corrected chi connectivity index (χ0v) is 29.1. The lowest BCUT2D eigenvalue weighted by molar-refractivity contribution is -0.274. The first-order valence-corrected chi connectivity index (χ1v) is 17.7. The number of benzene rings is 2. The summed E-state index contributed by atoms with van der Waals surface area (Å²) in [5.74, 6) is 0.0539. The molecule has 1 heterocycles. The number of alkyl halides is 3. The lowest BCUT2D eigenvalue weighted by Crippen LogP contribution is -2.26. The van der Waals surface area contributed by atoms with Crippen LogP contribution in [0.4, 0.5) is 13.2 Å². The van der Waals surface area contributed by atoms with Gasteiger partial charge in [0.25, 0.3) is 0 Å². The summed E-state index contributed by atoms with van der Waals surface area (Å²) in [6, 6.07) is 11.3. The van der Waals surface area contributed by atoms with Crippen molar-refractivity contribution in [2.24, 2.45) is 5.41 Å². The number of esters is 1. The van der Waals surface area contributed by atoms with E-state index < -0.39 is 23.2 Å². The molecule has 1 aromatic heterocycles. The van der Waals surface area contributed by atoms with Crippen molar-refractivity contribution < 1.29 is 36.6 Å². The normalized spacial score (nSPS) is 12.0. The van der Waals surface area contributed by atoms with Crippen molar-refractivity contribution in [3.05, 3.63) is 58.4 Å². The van der Waals surface area contributed by atoms with E-state index in [1.54, 1.807) is 24.3 Å². The molecule has 266 valence electrons. The van der Waals surface area contributed by atoms with Crippen molar-refractivity contribution >= 4 is 16.9 Å². The maximum absolute atomic E-state index is 13.3. The van der Waals surface area contributed by atoms with Crippen LogP contribution in [0.2, 0.25) is 0 Å². The first-order chi connectivity index (χ1) is 22.9. The summed E-state index contributed by atoms with van der Waals surface area (Å²) >= 11 is 0. The van der Waals surface area contributed by atoms with Crippen LogP contribution in [-0.4, -0.2) is 25.5 Å². The van der Waals surface area contributed by atoms with Gasteiger partial charge in [0.2, 0.25) is 0 Å². The molecule has 0 bridgehead atoms. The quantitative estimate of drug-likeness (QED) is 0.0600. The topological polar surface area (TPSA) is 75.0 Å². The Morgan fingerprint density at radius 3 is 2.02 bits per heavy atom. The molecule has 3 aromatic rings. The smallest absolute Gasteiger partial charge is 0.493 e. The predicted octanol–water partition coefficient (Wildman–Crippen LogP) is 11.4. The molecule has 0 aliphatic heterocycles.